The van der Waals surface area contributed by atoms with Gasteiger partial charge in [0.1, 0.15) is 6.07 Å². The molecule has 0 atom stereocenters. The second-order valence-corrected chi connectivity index (χ2v) is 4.32. The predicted octanol–water partition coefficient (Wildman–Crippen LogP) is 2.47. The minimum absolute atomic E-state index is 0.0797. The third kappa shape index (κ3) is 3.23. The lowest BCUT2D eigenvalue weighted by Crippen LogP contribution is -2.13. The first kappa shape index (κ1) is 12.9. The fourth-order valence-corrected chi connectivity index (χ4v) is 1.90. The van der Waals surface area contributed by atoms with Crippen LogP contribution in [0.1, 0.15) is 17.7 Å². The van der Waals surface area contributed by atoms with Crippen molar-refractivity contribution in [2.45, 2.75) is 12.8 Å². The molecule has 0 saturated carbocycles. The molecule has 0 saturated heterocycles. The van der Waals surface area contributed by atoms with Crippen molar-refractivity contribution in [1.29, 1.82) is 5.26 Å². The van der Waals surface area contributed by atoms with Gasteiger partial charge in [0.05, 0.1) is 11.3 Å². The largest absolute Gasteiger partial charge is 0.354 e. The summed E-state index contributed by atoms with van der Waals surface area (Å²) >= 11 is 0. The van der Waals surface area contributed by atoms with Crippen LogP contribution in [0.25, 0.3) is 0 Å². The first-order valence-electron chi connectivity index (χ1n) is 6.10. The number of aryl methyl sites for hydroxylation is 2. The minimum atomic E-state index is -0.0797. The summed E-state index contributed by atoms with van der Waals surface area (Å²) in [5.74, 6) is -0.0797. The Hall–Kier alpha value is -2.54. The molecule has 1 aromatic carbocycles. The number of para-hydroxylation sites is 1. The number of nitrogens with one attached hydrogen (secondary N) is 1. The number of carbonyl (C=O) groups is 1. The molecule has 0 aliphatic carbocycles. The molecule has 0 bridgehead atoms. The van der Waals surface area contributed by atoms with Gasteiger partial charge >= 0.3 is 0 Å². The standard InChI is InChI=1S/C15H15N3O/c1-18-10-4-6-13(18)8-9-15(19)17-14-7-3-2-5-12(14)11-16/h2-7,10H,8-9H2,1H3,(H,17,19). The molecule has 19 heavy (non-hydrogen) atoms. The summed E-state index contributed by atoms with van der Waals surface area (Å²) in [7, 11) is 1.96. The summed E-state index contributed by atoms with van der Waals surface area (Å²) in [5.41, 5.74) is 2.17. The molecule has 4 heteroatoms. The Morgan fingerprint density at radius 2 is 2.11 bits per heavy atom. The Bertz CT molecular complexity index is 622. The molecule has 1 N–H and O–H groups in total. The maximum Gasteiger partial charge on any atom is 0.224 e. The highest BCUT2D eigenvalue weighted by molar-refractivity contribution is 5.92. The fraction of sp³-hybridized carbons (Fsp3) is 0.200. The third-order valence-electron chi connectivity index (χ3n) is 2.98. The van der Waals surface area contributed by atoms with Gasteiger partial charge in [-0.05, 0) is 30.7 Å². The zero-order valence-electron chi connectivity index (χ0n) is 10.8. The second kappa shape index (κ2) is 5.87. The highest BCUT2D eigenvalue weighted by atomic mass is 16.1. The lowest BCUT2D eigenvalue weighted by molar-refractivity contribution is -0.116. The molecular formula is C15H15N3O. The van der Waals surface area contributed by atoms with Gasteiger partial charge in [-0.15, -0.1) is 0 Å². The van der Waals surface area contributed by atoms with Gasteiger partial charge < -0.3 is 9.88 Å². The number of rotatable bonds is 4. The maximum absolute atomic E-state index is 11.9. The summed E-state index contributed by atoms with van der Waals surface area (Å²) in [6, 6.07) is 13.0. The molecule has 96 valence electrons. The molecule has 0 unspecified atom stereocenters. The van der Waals surface area contributed by atoms with Crippen LogP contribution in [-0.4, -0.2) is 10.5 Å². The van der Waals surface area contributed by atoms with Crippen molar-refractivity contribution < 1.29 is 4.79 Å². The van der Waals surface area contributed by atoms with Crippen LogP contribution in [0.15, 0.2) is 42.6 Å². The van der Waals surface area contributed by atoms with E-state index in [1.54, 1.807) is 24.3 Å². The van der Waals surface area contributed by atoms with Gasteiger partial charge in [0, 0.05) is 25.4 Å². The Balaban J connectivity index is 1.95. The zero-order chi connectivity index (χ0) is 13.7. The van der Waals surface area contributed by atoms with Crippen LogP contribution >= 0.6 is 0 Å². The molecule has 2 rings (SSSR count). The smallest absolute Gasteiger partial charge is 0.224 e. The number of hydrogen-bond donors (Lipinski definition) is 1. The molecule has 1 amide bonds. The molecule has 0 aliphatic heterocycles. The van der Waals surface area contributed by atoms with E-state index in [4.69, 9.17) is 5.26 Å². The van der Waals surface area contributed by atoms with Crippen LogP contribution in [0.2, 0.25) is 0 Å². The van der Waals surface area contributed by atoms with E-state index in [-0.39, 0.29) is 5.91 Å². The SMILES string of the molecule is Cn1cccc1CCC(=O)Nc1ccccc1C#N. The number of carbonyl (C=O) groups excluding carboxylic acids is 1. The van der Waals surface area contributed by atoms with Crippen molar-refractivity contribution in [1.82, 2.24) is 4.57 Å². The molecule has 0 spiro atoms. The zero-order valence-corrected chi connectivity index (χ0v) is 10.8. The topological polar surface area (TPSA) is 57.8 Å². The van der Waals surface area contributed by atoms with E-state index in [0.717, 1.165) is 5.69 Å². The van der Waals surface area contributed by atoms with Crippen molar-refractivity contribution in [2.24, 2.45) is 7.05 Å². The molecule has 4 nitrogen and oxygen atoms in total. The molecule has 0 fully saturated rings. The lowest BCUT2D eigenvalue weighted by Gasteiger charge is -2.07. The van der Waals surface area contributed by atoms with Gasteiger partial charge in [0.25, 0.3) is 0 Å². The first-order chi connectivity index (χ1) is 9.20. The monoisotopic (exact) mass is 253 g/mol. The predicted molar refractivity (Wildman–Crippen MR) is 73.5 cm³/mol. The third-order valence-corrected chi connectivity index (χ3v) is 2.98. The fourth-order valence-electron chi connectivity index (χ4n) is 1.90. The highest BCUT2D eigenvalue weighted by Crippen LogP contribution is 2.14. The van der Waals surface area contributed by atoms with Crippen molar-refractivity contribution >= 4 is 11.6 Å². The number of nitriles is 1. The van der Waals surface area contributed by atoms with Crippen molar-refractivity contribution in [3.05, 3.63) is 53.9 Å². The van der Waals surface area contributed by atoms with Gasteiger partial charge in [0.2, 0.25) is 5.91 Å². The number of benzene rings is 1. The first-order valence-corrected chi connectivity index (χ1v) is 6.10. The van der Waals surface area contributed by atoms with E-state index >= 15 is 0 Å². The van der Waals surface area contributed by atoms with Gasteiger partial charge in [-0.3, -0.25) is 4.79 Å². The summed E-state index contributed by atoms with van der Waals surface area (Å²) in [5, 5.41) is 11.7. The van der Waals surface area contributed by atoms with Gasteiger partial charge in [-0.2, -0.15) is 5.26 Å². The minimum Gasteiger partial charge on any atom is -0.354 e. The van der Waals surface area contributed by atoms with Crippen LogP contribution in [0, 0.1) is 11.3 Å². The Morgan fingerprint density at radius 3 is 2.79 bits per heavy atom. The Kier molecular flexibility index (Phi) is 3.99. The van der Waals surface area contributed by atoms with E-state index in [1.165, 1.54) is 0 Å². The summed E-state index contributed by atoms with van der Waals surface area (Å²) in [6.07, 6.45) is 3.04. The highest BCUT2D eigenvalue weighted by Gasteiger charge is 2.07. The lowest BCUT2D eigenvalue weighted by atomic mass is 10.2. The number of aromatic nitrogens is 1. The van der Waals surface area contributed by atoms with E-state index < -0.39 is 0 Å². The van der Waals surface area contributed by atoms with E-state index in [2.05, 4.69) is 11.4 Å². The quantitative estimate of drug-likeness (QED) is 0.910. The van der Waals surface area contributed by atoms with Crippen molar-refractivity contribution in [3.8, 4) is 6.07 Å². The molecular weight excluding hydrogens is 238 g/mol. The van der Waals surface area contributed by atoms with E-state index in [1.807, 2.05) is 29.9 Å². The number of nitrogens with zero attached hydrogens (tertiary/aromatic N) is 2. The van der Waals surface area contributed by atoms with Crippen LogP contribution in [-0.2, 0) is 18.3 Å². The number of amides is 1. The van der Waals surface area contributed by atoms with Crippen LogP contribution in [0.4, 0.5) is 5.69 Å². The number of hydrogen-bond acceptors (Lipinski definition) is 2. The molecule has 1 heterocycles. The average molecular weight is 253 g/mol. The van der Waals surface area contributed by atoms with Crippen molar-refractivity contribution in [3.63, 3.8) is 0 Å². The van der Waals surface area contributed by atoms with E-state index in [0.29, 0.717) is 24.1 Å². The van der Waals surface area contributed by atoms with Crippen molar-refractivity contribution in [2.75, 3.05) is 5.32 Å². The summed E-state index contributed by atoms with van der Waals surface area (Å²) in [4.78, 5) is 11.9. The summed E-state index contributed by atoms with van der Waals surface area (Å²) in [6.45, 7) is 0. The van der Waals surface area contributed by atoms with Crippen LogP contribution < -0.4 is 5.32 Å². The summed E-state index contributed by atoms with van der Waals surface area (Å²) < 4.78 is 2.00. The van der Waals surface area contributed by atoms with Crippen LogP contribution in [0.5, 0.6) is 0 Å². The van der Waals surface area contributed by atoms with Gasteiger partial charge in [-0.25, -0.2) is 0 Å². The normalized spacial score (nSPS) is 9.89. The van der Waals surface area contributed by atoms with E-state index in [9.17, 15) is 4.79 Å². The average Bonchev–Trinajstić information content (AvgIpc) is 2.82. The van der Waals surface area contributed by atoms with Gasteiger partial charge in [0.15, 0.2) is 0 Å². The Morgan fingerprint density at radius 1 is 1.32 bits per heavy atom. The van der Waals surface area contributed by atoms with Crippen LogP contribution in [0.3, 0.4) is 0 Å². The second-order valence-electron chi connectivity index (χ2n) is 4.32. The van der Waals surface area contributed by atoms with Gasteiger partial charge in [-0.1, -0.05) is 12.1 Å². The molecule has 1 aromatic heterocycles. The number of anilines is 1. The maximum atomic E-state index is 11.9. The Labute approximate surface area is 112 Å². The molecule has 0 radical (unpaired) electrons. The molecule has 0 aliphatic rings. The molecule has 2 aromatic rings.